The van der Waals surface area contributed by atoms with Gasteiger partial charge in [-0.05, 0) is 36.8 Å². The fourth-order valence-electron chi connectivity index (χ4n) is 3.32. The highest BCUT2D eigenvalue weighted by molar-refractivity contribution is 5.88. The van der Waals surface area contributed by atoms with E-state index in [9.17, 15) is 22.8 Å². The summed E-state index contributed by atoms with van der Waals surface area (Å²) in [6.07, 6.45) is -3.37. The Hall–Kier alpha value is -2.25. The molecule has 0 spiro atoms. The number of hydrogen-bond donors (Lipinski definition) is 1. The van der Waals surface area contributed by atoms with Crippen LogP contribution in [0, 0.1) is 5.92 Å². The molecule has 24 heavy (non-hydrogen) atoms. The van der Waals surface area contributed by atoms with E-state index in [0.29, 0.717) is 31.4 Å². The highest BCUT2D eigenvalue weighted by Crippen LogP contribution is 2.52. The first kappa shape index (κ1) is 16.6. The van der Waals surface area contributed by atoms with Gasteiger partial charge >= 0.3 is 12.3 Å². The van der Waals surface area contributed by atoms with E-state index in [2.05, 4.69) is 4.74 Å². The zero-order valence-electron chi connectivity index (χ0n) is 12.6. The second-order valence-corrected chi connectivity index (χ2v) is 6.06. The summed E-state index contributed by atoms with van der Waals surface area (Å²) in [5.74, 6) is -2.50. The van der Waals surface area contributed by atoms with E-state index < -0.39 is 24.3 Å². The van der Waals surface area contributed by atoms with Crippen molar-refractivity contribution < 1.29 is 32.6 Å². The molecule has 1 saturated heterocycles. The number of carbonyl (C=O) groups is 2. The topological polar surface area (TPSA) is 66.8 Å². The molecular formula is C16H16F3NO4. The fourth-order valence-corrected chi connectivity index (χ4v) is 3.32. The lowest BCUT2D eigenvalue weighted by Gasteiger charge is -2.21. The smallest absolute Gasteiger partial charge is 0.480 e. The number of likely N-dealkylation sites (tertiary alicyclic amines) is 1. The van der Waals surface area contributed by atoms with Crippen molar-refractivity contribution in [2.75, 3.05) is 6.54 Å². The molecule has 5 nitrogen and oxygen atoms in total. The Kier molecular flexibility index (Phi) is 4.15. The molecule has 1 aromatic carbocycles. The third kappa shape index (κ3) is 3.32. The van der Waals surface area contributed by atoms with Crippen LogP contribution in [0.1, 0.15) is 30.7 Å². The van der Waals surface area contributed by atoms with Crippen LogP contribution in [0.3, 0.4) is 0 Å². The molecule has 0 radical (unpaired) electrons. The summed E-state index contributed by atoms with van der Waals surface area (Å²) in [6.45, 7) is 0.375. The van der Waals surface area contributed by atoms with Gasteiger partial charge in [0.25, 0.3) is 0 Å². The SMILES string of the molecule is O=C(O)[C@H]1CCCN1C(=O)C1CC1c1ccccc1OC(F)(F)F. The van der Waals surface area contributed by atoms with Gasteiger partial charge < -0.3 is 14.7 Å². The second-order valence-electron chi connectivity index (χ2n) is 6.06. The average Bonchev–Trinajstić information content (AvgIpc) is 3.12. The summed E-state index contributed by atoms with van der Waals surface area (Å²) in [6, 6.07) is 4.93. The van der Waals surface area contributed by atoms with Crippen molar-refractivity contribution in [3.63, 3.8) is 0 Å². The Bertz CT molecular complexity index is 661. The molecule has 2 unspecified atom stereocenters. The van der Waals surface area contributed by atoms with Crippen molar-refractivity contribution in [1.82, 2.24) is 4.90 Å². The highest BCUT2D eigenvalue weighted by Gasteiger charge is 2.50. The first-order chi connectivity index (χ1) is 11.3. The third-order valence-electron chi connectivity index (χ3n) is 4.47. The zero-order chi connectivity index (χ0) is 17.5. The molecule has 3 rings (SSSR count). The number of nitrogens with zero attached hydrogens (tertiary/aromatic N) is 1. The van der Waals surface area contributed by atoms with Crippen molar-refractivity contribution in [3.05, 3.63) is 29.8 Å². The van der Waals surface area contributed by atoms with E-state index in [4.69, 9.17) is 5.11 Å². The fraction of sp³-hybridized carbons (Fsp3) is 0.500. The van der Waals surface area contributed by atoms with Gasteiger partial charge in [-0.25, -0.2) is 4.79 Å². The number of benzene rings is 1. The molecule has 1 aliphatic carbocycles. The van der Waals surface area contributed by atoms with Gasteiger partial charge in [-0.15, -0.1) is 13.2 Å². The van der Waals surface area contributed by atoms with Crippen molar-refractivity contribution in [2.24, 2.45) is 5.92 Å². The molecule has 3 atom stereocenters. The Morgan fingerprint density at radius 3 is 2.62 bits per heavy atom. The third-order valence-corrected chi connectivity index (χ3v) is 4.47. The molecule has 0 aromatic heterocycles. The number of ether oxygens (including phenoxy) is 1. The highest BCUT2D eigenvalue weighted by atomic mass is 19.4. The van der Waals surface area contributed by atoms with Crippen molar-refractivity contribution >= 4 is 11.9 Å². The molecule has 2 aliphatic rings. The van der Waals surface area contributed by atoms with Crippen LogP contribution in [0.5, 0.6) is 5.75 Å². The van der Waals surface area contributed by atoms with Gasteiger partial charge in [0, 0.05) is 12.5 Å². The molecule has 130 valence electrons. The molecule has 1 aromatic rings. The normalized spacial score (nSPS) is 26.3. The Morgan fingerprint density at radius 2 is 1.96 bits per heavy atom. The van der Waals surface area contributed by atoms with Crippen molar-refractivity contribution in [3.8, 4) is 5.75 Å². The number of alkyl halides is 3. The molecule has 1 amide bonds. The summed E-state index contributed by atoms with van der Waals surface area (Å²) < 4.78 is 41.5. The van der Waals surface area contributed by atoms with Crippen LogP contribution < -0.4 is 4.74 Å². The maximum absolute atomic E-state index is 12.5. The lowest BCUT2D eigenvalue weighted by atomic mass is 10.1. The number of rotatable bonds is 4. The minimum atomic E-state index is -4.80. The molecule has 2 fully saturated rings. The summed E-state index contributed by atoms with van der Waals surface area (Å²) in [5, 5.41) is 9.15. The molecular weight excluding hydrogens is 327 g/mol. The van der Waals surface area contributed by atoms with Crippen LogP contribution in [-0.4, -0.2) is 40.8 Å². The summed E-state index contributed by atoms with van der Waals surface area (Å²) in [4.78, 5) is 25.0. The van der Waals surface area contributed by atoms with Crippen molar-refractivity contribution in [1.29, 1.82) is 0 Å². The number of aliphatic carboxylic acids is 1. The predicted molar refractivity (Wildman–Crippen MR) is 76.3 cm³/mol. The molecule has 1 aliphatic heterocycles. The Balaban J connectivity index is 1.74. The van der Waals surface area contributed by atoms with E-state index in [1.165, 1.54) is 23.1 Å². The first-order valence-electron chi connectivity index (χ1n) is 7.66. The monoisotopic (exact) mass is 343 g/mol. The van der Waals surface area contributed by atoms with Gasteiger partial charge in [0.05, 0.1) is 0 Å². The summed E-state index contributed by atoms with van der Waals surface area (Å²) in [5.41, 5.74) is 0.333. The van der Waals surface area contributed by atoms with Crippen LogP contribution >= 0.6 is 0 Å². The van der Waals surface area contributed by atoms with E-state index in [1.54, 1.807) is 6.07 Å². The number of carboxylic acids is 1. The minimum Gasteiger partial charge on any atom is -0.480 e. The van der Waals surface area contributed by atoms with E-state index >= 15 is 0 Å². The van der Waals surface area contributed by atoms with Crippen molar-refractivity contribution in [2.45, 2.75) is 37.6 Å². The number of hydrogen-bond acceptors (Lipinski definition) is 3. The van der Waals surface area contributed by atoms with Crippen LogP contribution in [0.25, 0.3) is 0 Å². The second kappa shape index (κ2) is 5.99. The maximum atomic E-state index is 12.5. The molecule has 0 bridgehead atoms. The van der Waals surface area contributed by atoms with E-state index in [0.717, 1.165) is 0 Å². The zero-order valence-corrected chi connectivity index (χ0v) is 12.6. The first-order valence-corrected chi connectivity index (χ1v) is 7.66. The maximum Gasteiger partial charge on any atom is 0.573 e. The molecule has 1 N–H and O–H groups in total. The molecule has 1 heterocycles. The lowest BCUT2D eigenvalue weighted by molar-refractivity contribution is -0.274. The number of amides is 1. The van der Waals surface area contributed by atoms with Crippen LogP contribution in [-0.2, 0) is 9.59 Å². The quantitative estimate of drug-likeness (QED) is 0.913. The number of carbonyl (C=O) groups excluding carboxylic acids is 1. The summed E-state index contributed by atoms with van der Waals surface area (Å²) in [7, 11) is 0. The van der Waals surface area contributed by atoms with Gasteiger partial charge in [-0.3, -0.25) is 4.79 Å². The predicted octanol–water partition coefficient (Wildman–Crippen LogP) is 2.76. The standard InChI is InChI=1S/C16H16F3NO4/c17-16(18,19)24-13-6-2-1-4-9(13)10-8-11(10)14(21)20-7-3-5-12(20)15(22)23/h1-2,4,6,10-12H,3,5,7-8H2,(H,22,23)/t10?,11?,12-/m1/s1. The van der Waals surface area contributed by atoms with Gasteiger partial charge in [0.15, 0.2) is 0 Å². The Labute approximate surface area is 136 Å². The number of para-hydroxylation sites is 1. The lowest BCUT2D eigenvalue weighted by Crippen LogP contribution is -2.41. The van der Waals surface area contributed by atoms with Crippen LogP contribution in [0.2, 0.25) is 0 Å². The summed E-state index contributed by atoms with van der Waals surface area (Å²) >= 11 is 0. The molecule has 1 saturated carbocycles. The van der Waals surface area contributed by atoms with E-state index in [-0.39, 0.29) is 17.6 Å². The number of halogens is 3. The van der Waals surface area contributed by atoms with Crippen LogP contribution in [0.15, 0.2) is 24.3 Å². The van der Waals surface area contributed by atoms with Crippen LogP contribution in [0.4, 0.5) is 13.2 Å². The van der Waals surface area contributed by atoms with Gasteiger partial charge in [0.2, 0.25) is 5.91 Å². The van der Waals surface area contributed by atoms with Gasteiger partial charge in [-0.2, -0.15) is 0 Å². The largest absolute Gasteiger partial charge is 0.573 e. The minimum absolute atomic E-state index is 0.299. The average molecular weight is 343 g/mol. The number of carboxylic acid groups (broad SMARTS) is 1. The van der Waals surface area contributed by atoms with Gasteiger partial charge in [-0.1, -0.05) is 18.2 Å². The van der Waals surface area contributed by atoms with E-state index in [1.807, 2.05) is 0 Å². The van der Waals surface area contributed by atoms with Gasteiger partial charge in [0.1, 0.15) is 11.8 Å². The Morgan fingerprint density at radius 1 is 1.25 bits per heavy atom. The molecule has 8 heteroatoms.